The molecule has 2 aromatic rings. The van der Waals surface area contributed by atoms with Crippen molar-refractivity contribution in [3.63, 3.8) is 0 Å². The quantitative estimate of drug-likeness (QED) is 0.0453. The highest BCUT2D eigenvalue weighted by molar-refractivity contribution is 5.95. The van der Waals surface area contributed by atoms with Crippen molar-refractivity contribution in [1.82, 2.24) is 26.6 Å². The molecular formula is C49H75N7O10. The number of unbranched alkanes of at least 4 members (excludes halogenated alkanes) is 12. The van der Waals surface area contributed by atoms with Crippen molar-refractivity contribution in [3.8, 4) is 0 Å². The Morgan fingerprint density at radius 2 is 0.894 bits per heavy atom. The van der Waals surface area contributed by atoms with Gasteiger partial charge in [-0.15, -0.1) is 0 Å². The first-order chi connectivity index (χ1) is 31.5. The van der Waals surface area contributed by atoms with Crippen molar-refractivity contribution in [3.05, 3.63) is 71.8 Å². The molecule has 0 unspecified atom stereocenters. The summed E-state index contributed by atoms with van der Waals surface area (Å²) in [4.78, 5) is 100. The van der Waals surface area contributed by atoms with Crippen LogP contribution in [0, 0.1) is 5.92 Å². The number of benzene rings is 2. The third-order valence-electron chi connectivity index (χ3n) is 11.1. The predicted molar refractivity (Wildman–Crippen MR) is 251 cm³/mol. The summed E-state index contributed by atoms with van der Waals surface area (Å²) in [6.07, 6.45) is 11.6. The molecule has 7 amide bonds. The molecule has 2 rings (SSSR count). The van der Waals surface area contributed by atoms with Gasteiger partial charge in [0.25, 0.3) is 0 Å². The summed E-state index contributed by atoms with van der Waals surface area (Å²) < 4.78 is 0. The van der Waals surface area contributed by atoms with Crippen LogP contribution in [-0.2, 0) is 51.2 Å². The number of carboxylic acid groups (broad SMARTS) is 1. The minimum absolute atomic E-state index is 0.00123. The molecule has 0 heterocycles. The number of carbonyl (C=O) groups is 8. The van der Waals surface area contributed by atoms with Crippen molar-refractivity contribution in [1.29, 1.82) is 0 Å². The van der Waals surface area contributed by atoms with E-state index in [2.05, 4.69) is 26.6 Å². The number of amides is 7. The maximum atomic E-state index is 13.3. The van der Waals surface area contributed by atoms with E-state index < -0.39 is 84.1 Å². The topological polar surface area (TPSA) is 289 Å². The van der Waals surface area contributed by atoms with E-state index in [9.17, 15) is 48.6 Å². The molecule has 17 heteroatoms. The largest absolute Gasteiger partial charge is 0.480 e. The Labute approximate surface area is 389 Å². The van der Waals surface area contributed by atoms with Crippen LogP contribution in [-0.4, -0.2) is 93.8 Å². The molecule has 66 heavy (non-hydrogen) atoms. The first-order valence-corrected chi connectivity index (χ1v) is 23.5. The Balaban J connectivity index is 1.59. The second-order valence-electron chi connectivity index (χ2n) is 17.6. The maximum absolute atomic E-state index is 13.3. The lowest BCUT2D eigenvalue weighted by molar-refractivity contribution is -0.142. The van der Waals surface area contributed by atoms with Gasteiger partial charge in [-0.05, 0) is 43.2 Å². The Morgan fingerprint density at radius 1 is 0.500 bits per heavy atom. The molecule has 0 spiro atoms. The number of nitrogens with one attached hydrogen (secondary N) is 5. The molecule has 6 atom stereocenters. The zero-order valence-corrected chi connectivity index (χ0v) is 39.1. The smallest absolute Gasteiger partial charge is 0.326 e. The minimum Gasteiger partial charge on any atom is -0.480 e. The van der Waals surface area contributed by atoms with Crippen molar-refractivity contribution < 1.29 is 48.6 Å². The average molecular weight is 922 g/mol. The van der Waals surface area contributed by atoms with Gasteiger partial charge in [0.2, 0.25) is 41.4 Å². The van der Waals surface area contributed by atoms with Crippen LogP contribution in [0.1, 0.15) is 141 Å². The van der Waals surface area contributed by atoms with E-state index in [1.807, 2.05) is 44.2 Å². The highest BCUT2D eigenvalue weighted by Crippen LogP contribution is 2.15. The molecule has 366 valence electrons. The third-order valence-corrected chi connectivity index (χ3v) is 11.1. The zero-order valence-electron chi connectivity index (χ0n) is 39.1. The zero-order chi connectivity index (χ0) is 48.9. The summed E-state index contributed by atoms with van der Waals surface area (Å²) in [7, 11) is 0. The molecule has 0 bridgehead atoms. The number of carboxylic acids is 1. The maximum Gasteiger partial charge on any atom is 0.326 e. The Hall–Kier alpha value is -5.84. The van der Waals surface area contributed by atoms with Gasteiger partial charge in [0.1, 0.15) is 30.2 Å². The molecule has 0 aromatic heterocycles. The average Bonchev–Trinajstić information content (AvgIpc) is 3.26. The van der Waals surface area contributed by atoms with Crippen LogP contribution in [0.3, 0.4) is 0 Å². The van der Waals surface area contributed by atoms with Crippen molar-refractivity contribution in [2.75, 3.05) is 0 Å². The van der Waals surface area contributed by atoms with E-state index in [0.717, 1.165) is 76.2 Å². The highest BCUT2D eigenvalue weighted by atomic mass is 16.4. The molecule has 0 aliphatic carbocycles. The molecular weight excluding hydrogens is 847 g/mol. The SMILES string of the molecule is CC(C)C[C@H](NC(=O)[C@@H](NC(=O)CCCCCCCCCCCCCCCC(=O)N[C@@H](CC(N)=O)C(=O)N[C@@H](Cc1ccccc1)C(=O)O)[C@H](C)O)C(=O)N[C@@H](Cc1ccccc1)C(N)=O. The highest BCUT2D eigenvalue weighted by Gasteiger charge is 2.32. The van der Waals surface area contributed by atoms with Crippen LogP contribution < -0.4 is 38.1 Å². The van der Waals surface area contributed by atoms with Crippen molar-refractivity contribution in [2.24, 2.45) is 17.4 Å². The van der Waals surface area contributed by atoms with Crippen LogP contribution >= 0.6 is 0 Å². The van der Waals surface area contributed by atoms with Crippen molar-refractivity contribution in [2.45, 2.75) is 179 Å². The fourth-order valence-electron chi connectivity index (χ4n) is 7.47. The normalized spacial score (nSPS) is 13.8. The minimum atomic E-state index is -1.27. The molecule has 2 aromatic carbocycles. The number of aliphatic hydroxyl groups excluding tert-OH is 1. The molecule has 0 aliphatic heterocycles. The van der Waals surface area contributed by atoms with E-state index in [4.69, 9.17) is 11.5 Å². The van der Waals surface area contributed by atoms with Gasteiger partial charge >= 0.3 is 5.97 Å². The molecule has 0 fully saturated rings. The Bertz CT molecular complexity index is 1810. The van der Waals surface area contributed by atoms with Gasteiger partial charge in [-0.1, -0.05) is 145 Å². The fourth-order valence-corrected chi connectivity index (χ4v) is 7.47. The van der Waals surface area contributed by atoms with Gasteiger partial charge in [0, 0.05) is 25.7 Å². The Kier molecular flexibility index (Phi) is 27.2. The van der Waals surface area contributed by atoms with E-state index in [-0.39, 0.29) is 43.9 Å². The third kappa shape index (κ3) is 24.4. The summed E-state index contributed by atoms with van der Waals surface area (Å²) in [5.74, 6) is -5.61. The van der Waals surface area contributed by atoms with Gasteiger partial charge in [-0.2, -0.15) is 0 Å². The number of hydrogen-bond donors (Lipinski definition) is 9. The van der Waals surface area contributed by atoms with E-state index in [0.29, 0.717) is 18.4 Å². The lowest BCUT2D eigenvalue weighted by Gasteiger charge is -2.26. The molecule has 0 saturated heterocycles. The van der Waals surface area contributed by atoms with Crippen LogP contribution in [0.4, 0.5) is 0 Å². The summed E-state index contributed by atoms with van der Waals surface area (Å²) in [6, 6.07) is 12.1. The lowest BCUT2D eigenvalue weighted by atomic mass is 10.0. The second kappa shape index (κ2) is 31.9. The number of aliphatic carboxylic acids is 1. The lowest BCUT2D eigenvalue weighted by Crippen LogP contribution is -2.59. The Morgan fingerprint density at radius 3 is 1.30 bits per heavy atom. The van der Waals surface area contributed by atoms with Crippen molar-refractivity contribution >= 4 is 47.3 Å². The molecule has 0 saturated carbocycles. The standard InChI is InChI=1S/C49H75N7O10/c1-33(2)29-38(46(62)53-37(45(51)61)30-35-23-17-15-18-24-35)54-48(64)44(34(3)57)56-43(60)28-22-14-12-10-8-6-4-5-7-9-11-13-21-27-42(59)52-39(32-41(50)58)47(63)55-40(49(65)66)31-36-25-19-16-20-26-36/h15-20,23-26,33-34,37-40,44,57H,4-14,21-22,27-32H2,1-3H3,(H2,50,58)(H2,51,61)(H,52,59)(H,53,62)(H,54,64)(H,55,63)(H,56,60)(H,65,66)/t34-,37-,38-,39-,40-,44-/m0/s1. The monoisotopic (exact) mass is 922 g/mol. The van der Waals surface area contributed by atoms with Gasteiger partial charge in [-0.25, -0.2) is 4.79 Å². The van der Waals surface area contributed by atoms with Gasteiger partial charge in [0.15, 0.2) is 0 Å². The van der Waals surface area contributed by atoms with E-state index in [1.165, 1.54) is 6.92 Å². The number of nitrogens with two attached hydrogens (primary N) is 2. The van der Waals surface area contributed by atoms with E-state index >= 15 is 0 Å². The van der Waals surface area contributed by atoms with E-state index in [1.54, 1.807) is 30.3 Å². The van der Waals surface area contributed by atoms with Crippen LogP contribution in [0.2, 0.25) is 0 Å². The molecule has 17 nitrogen and oxygen atoms in total. The first kappa shape index (κ1) is 56.3. The van der Waals surface area contributed by atoms with Crippen LogP contribution in [0.5, 0.6) is 0 Å². The first-order valence-electron chi connectivity index (χ1n) is 23.5. The number of aliphatic hydroxyl groups is 1. The summed E-state index contributed by atoms with van der Waals surface area (Å²) in [5, 5.41) is 32.9. The molecule has 11 N–H and O–H groups in total. The molecule has 0 radical (unpaired) electrons. The fraction of sp³-hybridized carbons (Fsp3) is 0.592. The van der Waals surface area contributed by atoms with Gasteiger partial charge in [-0.3, -0.25) is 33.6 Å². The van der Waals surface area contributed by atoms with Crippen LogP contribution in [0.15, 0.2) is 60.7 Å². The number of hydrogen-bond acceptors (Lipinski definition) is 9. The number of carbonyl (C=O) groups excluding carboxylic acids is 7. The number of rotatable bonds is 35. The van der Waals surface area contributed by atoms with Gasteiger partial charge in [0.05, 0.1) is 12.5 Å². The van der Waals surface area contributed by atoms with Gasteiger partial charge < -0.3 is 48.3 Å². The van der Waals surface area contributed by atoms with Crippen LogP contribution in [0.25, 0.3) is 0 Å². The summed E-state index contributed by atoms with van der Waals surface area (Å²) in [5.41, 5.74) is 12.4. The summed E-state index contributed by atoms with van der Waals surface area (Å²) in [6.45, 7) is 5.16. The second-order valence-corrected chi connectivity index (χ2v) is 17.6. The number of primary amides is 2. The summed E-state index contributed by atoms with van der Waals surface area (Å²) >= 11 is 0. The predicted octanol–water partition coefficient (Wildman–Crippen LogP) is 3.62. The molecule has 0 aliphatic rings.